The normalized spacial score (nSPS) is 16.4. The number of nitrogens with one attached hydrogen (secondary N) is 1. The second-order valence-electron chi connectivity index (χ2n) is 6.25. The Kier molecular flexibility index (Phi) is 3.35. The maximum atomic E-state index is 13.3. The number of hydrogen-bond acceptors (Lipinski definition) is 3. The van der Waals surface area contributed by atoms with Crippen LogP contribution in [-0.2, 0) is 0 Å². The third-order valence-electron chi connectivity index (χ3n) is 4.59. The van der Waals surface area contributed by atoms with Crippen LogP contribution in [0, 0.1) is 12.7 Å². The molecule has 0 saturated heterocycles. The molecule has 2 heterocycles. The Balaban J connectivity index is 1.93. The topological polar surface area (TPSA) is 69.2 Å². The molecule has 2 N–H and O–H groups in total. The number of aromatic hydroxyl groups is 1. The number of halogens is 1. The number of amides is 1. The molecule has 0 fully saturated rings. The lowest BCUT2D eigenvalue weighted by molar-refractivity contribution is 0.0788. The Bertz CT molecular complexity index is 979. The first kappa shape index (κ1) is 15.4. The summed E-state index contributed by atoms with van der Waals surface area (Å²) < 4.78 is 13.3. The summed E-state index contributed by atoms with van der Waals surface area (Å²) in [5.41, 5.74) is 3.94. The molecular formula is C19H16FN3O2. The minimum atomic E-state index is -0.392. The second-order valence-corrected chi connectivity index (χ2v) is 6.25. The molecule has 1 aliphatic heterocycles. The standard InChI is InChI=1S/C19H16FN3O2/c1-10-3-8-14(24)13(9-10)16-15-17(22-21-16)19(25)23(2)18(15)11-4-6-12(20)7-5-11/h3-9,18,24H,1-2H3,(H,21,22)/t18-/m0/s1. The zero-order valence-electron chi connectivity index (χ0n) is 13.7. The summed E-state index contributed by atoms with van der Waals surface area (Å²) in [5.74, 6) is -0.422. The van der Waals surface area contributed by atoms with Crippen LogP contribution in [0.5, 0.6) is 5.75 Å². The van der Waals surface area contributed by atoms with Gasteiger partial charge in [-0.3, -0.25) is 9.89 Å². The van der Waals surface area contributed by atoms with Gasteiger partial charge in [0.25, 0.3) is 5.91 Å². The van der Waals surface area contributed by atoms with E-state index in [9.17, 15) is 14.3 Å². The SMILES string of the molecule is Cc1ccc(O)c(-c2n[nH]c3c2[C@H](c2ccc(F)cc2)N(C)C3=O)c1. The molecule has 0 spiro atoms. The highest BCUT2D eigenvalue weighted by Crippen LogP contribution is 2.43. The molecule has 0 unspecified atom stereocenters. The minimum Gasteiger partial charge on any atom is -0.507 e. The minimum absolute atomic E-state index is 0.0970. The number of rotatable bonds is 2. The first-order valence-corrected chi connectivity index (χ1v) is 7.88. The number of carbonyl (C=O) groups is 1. The molecule has 1 aliphatic rings. The number of benzene rings is 2. The summed E-state index contributed by atoms with van der Waals surface area (Å²) in [5, 5.41) is 17.3. The van der Waals surface area contributed by atoms with E-state index in [0.29, 0.717) is 22.5 Å². The van der Waals surface area contributed by atoms with Crippen molar-refractivity contribution in [3.63, 3.8) is 0 Å². The van der Waals surface area contributed by atoms with Gasteiger partial charge in [0.05, 0.1) is 6.04 Å². The van der Waals surface area contributed by atoms with E-state index in [2.05, 4.69) is 10.2 Å². The second kappa shape index (κ2) is 5.44. The van der Waals surface area contributed by atoms with E-state index >= 15 is 0 Å². The molecule has 4 rings (SSSR count). The molecule has 5 nitrogen and oxygen atoms in total. The van der Waals surface area contributed by atoms with Crippen LogP contribution in [0.3, 0.4) is 0 Å². The van der Waals surface area contributed by atoms with Gasteiger partial charge in [0, 0.05) is 18.2 Å². The van der Waals surface area contributed by atoms with E-state index in [1.165, 1.54) is 12.1 Å². The van der Waals surface area contributed by atoms with Gasteiger partial charge >= 0.3 is 0 Å². The van der Waals surface area contributed by atoms with Gasteiger partial charge in [-0.05, 0) is 36.8 Å². The van der Waals surface area contributed by atoms with Crippen molar-refractivity contribution in [3.05, 3.63) is 70.7 Å². The number of phenolic OH excluding ortho intramolecular Hbond substituents is 1. The molecule has 1 amide bonds. The van der Waals surface area contributed by atoms with Crippen molar-refractivity contribution in [1.82, 2.24) is 15.1 Å². The number of hydrogen-bond donors (Lipinski definition) is 2. The number of aryl methyl sites for hydroxylation is 1. The highest BCUT2D eigenvalue weighted by Gasteiger charge is 2.40. The van der Waals surface area contributed by atoms with Crippen LogP contribution in [-0.4, -0.2) is 33.2 Å². The Morgan fingerprint density at radius 2 is 1.92 bits per heavy atom. The molecule has 3 aromatic rings. The number of carbonyl (C=O) groups excluding carboxylic acids is 1. The fourth-order valence-electron chi connectivity index (χ4n) is 3.35. The molecule has 1 atom stereocenters. The van der Waals surface area contributed by atoms with Gasteiger partial charge < -0.3 is 10.0 Å². The van der Waals surface area contributed by atoms with Crippen molar-refractivity contribution in [1.29, 1.82) is 0 Å². The van der Waals surface area contributed by atoms with Gasteiger partial charge in [-0.2, -0.15) is 5.10 Å². The van der Waals surface area contributed by atoms with Crippen molar-refractivity contribution >= 4 is 5.91 Å². The van der Waals surface area contributed by atoms with Crippen LogP contribution in [0.2, 0.25) is 0 Å². The molecular weight excluding hydrogens is 321 g/mol. The summed E-state index contributed by atoms with van der Waals surface area (Å²) in [6, 6.07) is 10.9. The van der Waals surface area contributed by atoms with E-state index in [0.717, 1.165) is 11.1 Å². The van der Waals surface area contributed by atoms with Gasteiger partial charge in [0.15, 0.2) is 0 Å². The zero-order valence-corrected chi connectivity index (χ0v) is 13.7. The lowest BCUT2D eigenvalue weighted by atomic mass is 9.95. The third-order valence-corrected chi connectivity index (χ3v) is 4.59. The highest BCUT2D eigenvalue weighted by molar-refractivity contribution is 6.00. The summed E-state index contributed by atoms with van der Waals surface area (Å²) in [6.45, 7) is 1.92. The van der Waals surface area contributed by atoms with Gasteiger partial charge in [-0.1, -0.05) is 23.8 Å². The first-order valence-electron chi connectivity index (χ1n) is 7.88. The molecule has 126 valence electrons. The van der Waals surface area contributed by atoms with Crippen molar-refractivity contribution in [3.8, 4) is 17.0 Å². The maximum absolute atomic E-state index is 13.3. The van der Waals surface area contributed by atoms with Gasteiger partial charge in [-0.15, -0.1) is 0 Å². The molecule has 1 aromatic heterocycles. The molecule has 0 radical (unpaired) electrons. The fraction of sp³-hybridized carbons (Fsp3) is 0.158. The quantitative estimate of drug-likeness (QED) is 0.753. The van der Waals surface area contributed by atoms with Gasteiger partial charge in [-0.25, -0.2) is 4.39 Å². The number of fused-ring (bicyclic) bond motifs is 1. The van der Waals surface area contributed by atoms with Crippen molar-refractivity contribution in [2.24, 2.45) is 0 Å². The number of aromatic amines is 1. The highest BCUT2D eigenvalue weighted by atomic mass is 19.1. The smallest absolute Gasteiger partial charge is 0.272 e. The lowest BCUT2D eigenvalue weighted by Gasteiger charge is -2.22. The Morgan fingerprint density at radius 3 is 2.64 bits per heavy atom. The number of H-pyrrole nitrogens is 1. The Hall–Kier alpha value is -3.15. The molecule has 25 heavy (non-hydrogen) atoms. The van der Waals surface area contributed by atoms with Crippen LogP contribution < -0.4 is 0 Å². The zero-order chi connectivity index (χ0) is 17.7. The number of phenols is 1. The number of nitrogens with zero attached hydrogens (tertiary/aromatic N) is 2. The van der Waals surface area contributed by atoms with Crippen LogP contribution in [0.4, 0.5) is 4.39 Å². The molecule has 2 aromatic carbocycles. The lowest BCUT2D eigenvalue weighted by Crippen LogP contribution is -2.24. The van der Waals surface area contributed by atoms with Gasteiger partial charge in [0.2, 0.25) is 0 Å². The Morgan fingerprint density at radius 1 is 1.20 bits per heavy atom. The summed E-state index contributed by atoms with van der Waals surface area (Å²) in [4.78, 5) is 14.2. The van der Waals surface area contributed by atoms with Crippen LogP contribution >= 0.6 is 0 Å². The molecule has 0 aliphatic carbocycles. The molecule has 0 saturated carbocycles. The van der Waals surface area contributed by atoms with E-state index in [4.69, 9.17) is 0 Å². The predicted molar refractivity (Wildman–Crippen MR) is 90.8 cm³/mol. The van der Waals surface area contributed by atoms with E-state index in [1.54, 1.807) is 36.2 Å². The fourth-order valence-corrected chi connectivity index (χ4v) is 3.35. The van der Waals surface area contributed by atoms with Crippen LogP contribution in [0.1, 0.15) is 33.2 Å². The van der Waals surface area contributed by atoms with Crippen molar-refractivity contribution in [2.45, 2.75) is 13.0 Å². The molecule has 6 heteroatoms. The van der Waals surface area contributed by atoms with Gasteiger partial charge in [0.1, 0.15) is 23.0 Å². The van der Waals surface area contributed by atoms with E-state index in [1.807, 2.05) is 13.0 Å². The largest absolute Gasteiger partial charge is 0.507 e. The Labute approximate surface area is 143 Å². The average Bonchev–Trinajstić information content (AvgIpc) is 3.11. The van der Waals surface area contributed by atoms with Crippen molar-refractivity contribution in [2.75, 3.05) is 7.05 Å². The predicted octanol–water partition coefficient (Wildman–Crippen LogP) is 3.40. The monoisotopic (exact) mass is 337 g/mol. The van der Waals surface area contributed by atoms with E-state index < -0.39 is 6.04 Å². The van der Waals surface area contributed by atoms with Crippen LogP contribution in [0.15, 0.2) is 42.5 Å². The van der Waals surface area contributed by atoms with Crippen LogP contribution in [0.25, 0.3) is 11.3 Å². The summed E-state index contributed by atoms with van der Waals surface area (Å²) >= 11 is 0. The number of aromatic nitrogens is 2. The summed E-state index contributed by atoms with van der Waals surface area (Å²) in [6.07, 6.45) is 0. The molecule has 0 bridgehead atoms. The summed E-state index contributed by atoms with van der Waals surface area (Å²) in [7, 11) is 1.70. The van der Waals surface area contributed by atoms with E-state index in [-0.39, 0.29) is 17.5 Å². The maximum Gasteiger partial charge on any atom is 0.272 e. The van der Waals surface area contributed by atoms with Crippen molar-refractivity contribution < 1.29 is 14.3 Å². The third kappa shape index (κ3) is 2.29. The average molecular weight is 337 g/mol. The first-order chi connectivity index (χ1) is 12.0.